The molecule has 15 heavy (non-hydrogen) atoms. The van der Waals surface area contributed by atoms with Crippen molar-refractivity contribution in [3.05, 3.63) is 0 Å². The molecule has 1 atom stereocenters. The van der Waals surface area contributed by atoms with E-state index in [1.165, 1.54) is 6.92 Å². The van der Waals surface area contributed by atoms with Gasteiger partial charge in [0.05, 0.1) is 6.61 Å². The maximum absolute atomic E-state index is 11.8. The van der Waals surface area contributed by atoms with E-state index in [0.29, 0.717) is 19.4 Å². The average Bonchev–Trinajstić information content (AvgIpc) is 2.16. The fourth-order valence-corrected chi connectivity index (χ4v) is 1.66. The van der Waals surface area contributed by atoms with Gasteiger partial charge in [0.1, 0.15) is 5.54 Å². The first kappa shape index (κ1) is 13.9. The Labute approximate surface area is 91.4 Å². The second-order valence-electron chi connectivity index (χ2n) is 3.59. The molecule has 88 valence electrons. The van der Waals surface area contributed by atoms with Crippen LogP contribution < -0.4 is 5.32 Å². The van der Waals surface area contributed by atoms with E-state index in [2.05, 4.69) is 5.32 Å². The van der Waals surface area contributed by atoms with Crippen molar-refractivity contribution < 1.29 is 14.3 Å². The smallest absolute Gasteiger partial charge is 0.331 e. The summed E-state index contributed by atoms with van der Waals surface area (Å²) in [6, 6.07) is 0. The molecule has 0 aromatic heterocycles. The minimum absolute atomic E-state index is 0.196. The molecule has 0 aromatic rings. The Bertz CT molecular complexity index is 228. The summed E-state index contributed by atoms with van der Waals surface area (Å²) in [5.41, 5.74) is -0.837. The Morgan fingerprint density at radius 3 is 2.20 bits per heavy atom. The number of carbonyl (C=O) groups excluding carboxylic acids is 2. The maximum atomic E-state index is 11.8. The number of rotatable bonds is 6. The standard InChI is InChI=1S/C11H21NO3/c1-5-8-11(6-2,12-9(4)13)10(14)15-7-3/h5-8H2,1-4H3,(H,12,13)/t11-/m0/s1. The quantitative estimate of drug-likeness (QED) is 0.685. The molecule has 0 fully saturated rings. The van der Waals surface area contributed by atoms with E-state index in [1.54, 1.807) is 6.92 Å². The third kappa shape index (κ3) is 3.90. The molecule has 4 heteroatoms. The zero-order chi connectivity index (χ0) is 11.9. The Kier molecular flexibility index (Phi) is 5.97. The van der Waals surface area contributed by atoms with Crippen molar-refractivity contribution in [2.24, 2.45) is 0 Å². The number of nitrogens with one attached hydrogen (secondary N) is 1. The molecule has 0 unspecified atom stereocenters. The Morgan fingerprint density at radius 1 is 1.27 bits per heavy atom. The van der Waals surface area contributed by atoms with Crippen LogP contribution in [0.25, 0.3) is 0 Å². The third-order valence-corrected chi connectivity index (χ3v) is 2.36. The first-order valence-corrected chi connectivity index (χ1v) is 5.48. The second kappa shape index (κ2) is 6.43. The van der Waals surface area contributed by atoms with Crippen LogP contribution in [0.15, 0.2) is 0 Å². The summed E-state index contributed by atoms with van der Waals surface area (Å²) in [5, 5.41) is 2.72. The van der Waals surface area contributed by atoms with E-state index < -0.39 is 5.54 Å². The Morgan fingerprint density at radius 2 is 1.87 bits per heavy atom. The number of hydrogen-bond acceptors (Lipinski definition) is 3. The minimum Gasteiger partial charge on any atom is -0.464 e. The molecule has 0 spiro atoms. The molecule has 4 nitrogen and oxygen atoms in total. The van der Waals surface area contributed by atoms with Gasteiger partial charge in [-0.1, -0.05) is 20.3 Å². The van der Waals surface area contributed by atoms with Gasteiger partial charge in [0, 0.05) is 6.92 Å². The molecule has 0 bridgehead atoms. The fraction of sp³-hybridized carbons (Fsp3) is 0.818. The molecule has 0 radical (unpaired) electrons. The largest absolute Gasteiger partial charge is 0.464 e. The first-order chi connectivity index (χ1) is 7.02. The van der Waals surface area contributed by atoms with E-state index in [-0.39, 0.29) is 11.9 Å². The Balaban J connectivity index is 4.77. The summed E-state index contributed by atoms with van der Waals surface area (Å²) in [6.07, 6.45) is 1.99. The fourth-order valence-electron chi connectivity index (χ4n) is 1.66. The van der Waals surface area contributed by atoms with Crippen LogP contribution in [-0.2, 0) is 14.3 Å². The van der Waals surface area contributed by atoms with Gasteiger partial charge in [0.2, 0.25) is 5.91 Å². The number of carbonyl (C=O) groups is 2. The first-order valence-electron chi connectivity index (χ1n) is 5.48. The molecular weight excluding hydrogens is 194 g/mol. The zero-order valence-electron chi connectivity index (χ0n) is 10.1. The van der Waals surface area contributed by atoms with Crippen molar-refractivity contribution in [2.45, 2.75) is 52.5 Å². The summed E-state index contributed by atoms with van der Waals surface area (Å²) in [7, 11) is 0. The molecule has 0 heterocycles. The van der Waals surface area contributed by atoms with Gasteiger partial charge in [-0.2, -0.15) is 0 Å². The monoisotopic (exact) mass is 215 g/mol. The molecule has 0 aliphatic rings. The summed E-state index contributed by atoms with van der Waals surface area (Å²) >= 11 is 0. The van der Waals surface area contributed by atoms with Gasteiger partial charge in [0.25, 0.3) is 0 Å². The van der Waals surface area contributed by atoms with Gasteiger partial charge in [0.15, 0.2) is 0 Å². The number of esters is 1. The topological polar surface area (TPSA) is 55.4 Å². The summed E-state index contributed by atoms with van der Waals surface area (Å²) in [4.78, 5) is 22.9. The summed E-state index contributed by atoms with van der Waals surface area (Å²) in [6.45, 7) is 7.37. The van der Waals surface area contributed by atoms with E-state index >= 15 is 0 Å². The van der Waals surface area contributed by atoms with E-state index in [0.717, 1.165) is 6.42 Å². The van der Waals surface area contributed by atoms with Crippen molar-refractivity contribution in [1.82, 2.24) is 5.32 Å². The van der Waals surface area contributed by atoms with Crippen molar-refractivity contribution in [3.63, 3.8) is 0 Å². The average molecular weight is 215 g/mol. The summed E-state index contributed by atoms with van der Waals surface area (Å²) in [5.74, 6) is -0.525. The minimum atomic E-state index is -0.837. The van der Waals surface area contributed by atoms with Crippen LogP contribution in [0.5, 0.6) is 0 Å². The predicted molar refractivity (Wildman–Crippen MR) is 58.4 cm³/mol. The molecule has 0 aliphatic carbocycles. The third-order valence-electron chi connectivity index (χ3n) is 2.36. The highest BCUT2D eigenvalue weighted by Crippen LogP contribution is 2.19. The summed E-state index contributed by atoms with van der Waals surface area (Å²) < 4.78 is 5.00. The maximum Gasteiger partial charge on any atom is 0.331 e. The van der Waals surface area contributed by atoms with Crippen LogP contribution >= 0.6 is 0 Å². The van der Waals surface area contributed by atoms with Crippen LogP contribution in [0.4, 0.5) is 0 Å². The van der Waals surface area contributed by atoms with Gasteiger partial charge in [-0.3, -0.25) is 4.79 Å². The lowest BCUT2D eigenvalue weighted by atomic mass is 9.90. The number of ether oxygens (including phenoxy) is 1. The molecule has 0 saturated heterocycles. The van der Waals surface area contributed by atoms with Crippen molar-refractivity contribution in [1.29, 1.82) is 0 Å². The number of hydrogen-bond donors (Lipinski definition) is 1. The molecule has 0 saturated carbocycles. The van der Waals surface area contributed by atoms with Gasteiger partial charge in [-0.25, -0.2) is 4.79 Å². The van der Waals surface area contributed by atoms with Gasteiger partial charge in [-0.15, -0.1) is 0 Å². The van der Waals surface area contributed by atoms with Crippen molar-refractivity contribution in [2.75, 3.05) is 6.61 Å². The SMILES string of the molecule is CCC[C@](CC)(NC(C)=O)C(=O)OCC. The molecular formula is C11H21NO3. The predicted octanol–water partition coefficient (Wildman–Crippen LogP) is 1.63. The van der Waals surface area contributed by atoms with Gasteiger partial charge in [-0.05, 0) is 19.8 Å². The van der Waals surface area contributed by atoms with E-state index in [9.17, 15) is 9.59 Å². The van der Waals surface area contributed by atoms with E-state index in [1.807, 2.05) is 13.8 Å². The number of amides is 1. The van der Waals surface area contributed by atoms with E-state index in [4.69, 9.17) is 4.74 Å². The lowest BCUT2D eigenvalue weighted by Gasteiger charge is -2.30. The van der Waals surface area contributed by atoms with Crippen LogP contribution in [0, 0.1) is 0 Å². The molecule has 1 amide bonds. The second-order valence-corrected chi connectivity index (χ2v) is 3.59. The zero-order valence-corrected chi connectivity index (χ0v) is 10.1. The highest BCUT2D eigenvalue weighted by molar-refractivity contribution is 5.87. The van der Waals surface area contributed by atoms with Gasteiger partial charge < -0.3 is 10.1 Å². The molecule has 0 aliphatic heterocycles. The van der Waals surface area contributed by atoms with Crippen molar-refractivity contribution >= 4 is 11.9 Å². The lowest BCUT2D eigenvalue weighted by Crippen LogP contribution is -2.54. The molecule has 0 rings (SSSR count). The Hall–Kier alpha value is -1.06. The molecule has 0 aromatic carbocycles. The highest BCUT2D eigenvalue weighted by Gasteiger charge is 2.37. The van der Waals surface area contributed by atoms with Gasteiger partial charge >= 0.3 is 5.97 Å². The van der Waals surface area contributed by atoms with Crippen molar-refractivity contribution in [3.8, 4) is 0 Å². The van der Waals surface area contributed by atoms with Crippen LogP contribution in [0.2, 0.25) is 0 Å². The lowest BCUT2D eigenvalue weighted by molar-refractivity contribution is -0.153. The van der Waals surface area contributed by atoms with Crippen LogP contribution in [-0.4, -0.2) is 24.0 Å². The van der Waals surface area contributed by atoms with Crippen LogP contribution in [0.1, 0.15) is 47.0 Å². The van der Waals surface area contributed by atoms with Crippen LogP contribution in [0.3, 0.4) is 0 Å². The highest BCUT2D eigenvalue weighted by atomic mass is 16.5. The molecule has 1 N–H and O–H groups in total. The normalized spacial score (nSPS) is 14.1.